The third-order valence-electron chi connectivity index (χ3n) is 6.99. The number of halogens is 1. The zero-order valence-corrected chi connectivity index (χ0v) is 15.4. The Labute approximate surface area is 155 Å². The molecule has 2 fully saturated rings. The summed E-state index contributed by atoms with van der Waals surface area (Å²) in [5.74, 6) is -0.447. The van der Waals surface area contributed by atoms with E-state index in [1.165, 1.54) is 16.7 Å². The van der Waals surface area contributed by atoms with E-state index in [1.807, 2.05) is 6.07 Å². The van der Waals surface area contributed by atoms with Crippen LogP contribution in [0.15, 0.2) is 53.0 Å². The second-order valence-electron chi connectivity index (χ2n) is 7.69. The summed E-state index contributed by atoms with van der Waals surface area (Å²) in [4.78, 5) is 12.5. The van der Waals surface area contributed by atoms with Gasteiger partial charge in [0.05, 0.1) is 5.41 Å². The Morgan fingerprint density at radius 3 is 2.84 bits per heavy atom. The van der Waals surface area contributed by atoms with Gasteiger partial charge in [-0.3, -0.25) is 4.79 Å². The largest absolute Gasteiger partial charge is 0.481 e. The second kappa shape index (κ2) is 5.18. The average molecular weight is 398 g/mol. The van der Waals surface area contributed by atoms with E-state index in [4.69, 9.17) is 0 Å². The molecule has 2 aromatic rings. The van der Waals surface area contributed by atoms with Crippen molar-refractivity contribution in [2.24, 2.45) is 11.3 Å². The van der Waals surface area contributed by atoms with Gasteiger partial charge < -0.3 is 10.4 Å². The van der Waals surface area contributed by atoms with Crippen LogP contribution in [0.4, 0.5) is 0 Å². The topological polar surface area (TPSA) is 49.3 Å². The van der Waals surface area contributed by atoms with Crippen LogP contribution < -0.4 is 5.32 Å². The first-order valence-corrected chi connectivity index (χ1v) is 9.69. The molecule has 1 saturated carbocycles. The Balaban J connectivity index is 1.86. The lowest BCUT2D eigenvalue weighted by Crippen LogP contribution is -2.60. The van der Waals surface area contributed by atoms with Gasteiger partial charge in [0.1, 0.15) is 0 Å². The van der Waals surface area contributed by atoms with Crippen molar-refractivity contribution in [3.05, 3.63) is 69.7 Å². The van der Waals surface area contributed by atoms with Gasteiger partial charge in [-0.25, -0.2) is 0 Å². The molecule has 0 amide bonds. The van der Waals surface area contributed by atoms with E-state index in [1.54, 1.807) is 0 Å². The summed E-state index contributed by atoms with van der Waals surface area (Å²) < 4.78 is 1.05. The number of rotatable bonds is 2. The number of benzene rings is 2. The van der Waals surface area contributed by atoms with E-state index < -0.39 is 11.4 Å². The van der Waals surface area contributed by atoms with Gasteiger partial charge in [-0.05, 0) is 41.7 Å². The molecule has 6 rings (SSSR count). The van der Waals surface area contributed by atoms with Gasteiger partial charge >= 0.3 is 5.97 Å². The van der Waals surface area contributed by atoms with Crippen molar-refractivity contribution >= 4 is 21.9 Å². The molecule has 3 nitrogen and oxygen atoms in total. The number of hydrogen-bond acceptors (Lipinski definition) is 2. The minimum absolute atomic E-state index is 0.0837. The highest BCUT2D eigenvalue weighted by Crippen LogP contribution is 2.67. The van der Waals surface area contributed by atoms with Crippen molar-refractivity contribution < 1.29 is 9.90 Å². The maximum atomic E-state index is 12.5. The monoisotopic (exact) mass is 397 g/mol. The van der Waals surface area contributed by atoms with Crippen LogP contribution in [0.3, 0.4) is 0 Å². The first kappa shape index (κ1) is 15.6. The highest BCUT2D eigenvalue weighted by molar-refractivity contribution is 9.10. The van der Waals surface area contributed by atoms with Gasteiger partial charge in [-0.1, -0.05) is 52.3 Å². The quantitative estimate of drug-likeness (QED) is 0.807. The molecule has 128 valence electrons. The van der Waals surface area contributed by atoms with Crippen LogP contribution in [-0.4, -0.2) is 24.2 Å². The van der Waals surface area contributed by atoms with E-state index in [2.05, 4.69) is 63.7 Å². The fourth-order valence-electron chi connectivity index (χ4n) is 6.12. The van der Waals surface area contributed by atoms with Crippen molar-refractivity contribution in [3.8, 4) is 0 Å². The second-order valence-corrected chi connectivity index (χ2v) is 8.60. The molecule has 4 aliphatic rings. The number of carboxylic acids is 1. The lowest BCUT2D eigenvalue weighted by molar-refractivity contribution is -0.157. The summed E-state index contributed by atoms with van der Waals surface area (Å²) in [5, 5.41) is 13.8. The molecule has 0 aromatic heterocycles. The molecule has 1 aliphatic heterocycles. The van der Waals surface area contributed by atoms with E-state index in [0.717, 1.165) is 23.9 Å². The van der Waals surface area contributed by atoms with Crippen LogP contribution in [0.2, 0.25) is 0 Å². The van der Waals surface area contributed by atoms with Crippen molar-refractivity contribution in [2.45, 2.75) is 24.2 Å². The third-order valence-corrected chi connectivity index (χ3v) is 7.48. The highest BCUT2D eigenvalue weighted by atomic mass is 79.9. The predicted molar refractivity (Wildman–Crippen MR) is 99.8 cm³/mol. The number of carboxylic acid groups (broad SMARTS) is 1. The number of fused-ring (bicyclic) bond motifs is 1. The minimum atomic E-state index is -0.699. The Kier molecular flexibility index (Phi) is 3.23. The van der Waals surface area contributed by atoms with Gasteiger partial charge in [0.25, 0.3) is 0 Å². The summed E-state index contributed by atoms with van der Waals surface area (Å²) in [6.45, 7) is 1.34. The van der Waals surface area contributed by atoms with E-state index in [-0.39, 0.29) is 17.3 Å². The number of aliphatic carboxylic acids is 1. The Hall–Kier alpha value is -1.65. The first-order valence-electron chi connectivity index (χ1n) is 8.90. The predicted octanol–water partition coefficient (Wildman–Crippen LogP) is 3.92. The van der Waals surface area contributed by atoms with E-state index in [9.17, 15) is 9.90 Å². The average Bonchev–Trinajstić information content (AvgIpc) is 3.10. The molecular formula is C21H20BrNO2. The van der Waals surface area contributed by atoms with Crippen LogP contribution in [0.1, 0.15) is 35.4 Å². The minimum Gasteiger partial charge on any atom is -0.481 e. The number of nitrogens with one attached hydrogen (secondary N) is 1. The molecule has 4 heteroatoms. The summed E-state index contributed by atoms with van der Waals surface area (Å²) in [5.41, 5.74) is 2.91. The lowest BCUT2D eigenvalue weighted by atomic mass is 9.42. The van der Waals surface area contributed by atoms with Crippen molar-refractivity contribution in [3.63, 3.8) is 0 Å². The van der Waals surface area contributed by atoms with Crippen molar-refractivity contribution in [1.29, 1.82) is 0 Å². The molecule has 3 aliphatic carbocycles. The number of hydrogen-bond donors (Lipinski definition) is 2. The van der Waals surface area contributed by atoms with E-state index in [0.29, 0.717) is 6.54 Å². The third kappa shape index (κ3) is 1.77. The van der Waals surface area contributed by atoms with Gasteiger partial charge in [0, 0.05) is 34.8 Å². The Morgan fingerprint density at radius 2 is 2.04 bits per heavy atom. The Morgan fingerprint density at radius 1 is 1.20 bits per heavy atom. The van der Waals surface area contributed by atoms with Gasteiger partial charge in [-0.15, -0.1) is 0 Å². The molecular weight excluding hydrogens is 378 g/mol. The highest BCUT2D eigenvalue weighted by Gasteiger charge is 2.68. The molecule has 2 bridgehead atoms. The molecule has 2 aromatic carbocycles. The molecule has 1 heterocycles. The summed E-state index contributed by atoms with van der Waals surface area (Å²) in [7, 11) is 0. The SMILES string of the molecule is O=C(O)C12CNCC1C1(c3cccc(Br)c3)CCC2c2ccccc21. The van der Waals surface area contributed by atoms with E-state index >= 15 is 0 Å². The summed E-state index contributed by atoms with van der Waals surface area (Å²) in [6.07, 6.45) is 1.96. The van der Waals surface area contributed by atoms with Gasteiger partial charge in [-0.2, -0.15) is 0 Å². The van der Waals surface area contributed by atoms with Crippen LogP contribution in [-0.2, 0) is 10.2 Å². The molecule has 4 unspecified atom stereocenters. The first-order chi connectivity index (χ1) is 12.1. The maximum absolute atomic E-state index is 12.5. The Bertz CT molecular complexity index is 882. The smallest absolute Gasteiger partial charge is 0.311 e. The molecule has 4 atom stereocenters. The molecule has 2 N–H and O–H groups in total. The van der Waals surface area contributed by atoms with Crippen LogP contribution in [0, 0.1) is 11.3 Å². The zero-order chi connectivity index (χ0) is 17.2. The molecule has 1 saturated heterocycles. The zero-order valence-electron chi connectivity index (χ0n) is 13.8. The van der Waals surface area contributed by atoms with Crippen LogP contribution >= 0.6 is 15.9 Å². The van der Waals surface area contributed by atoms with Crippen LogP contribution in [0.25, 0.3) is 0 Å². The number of carbonyl (C=O) groups is 1. The molecule has 0 spiro atoms. The molecule has 0 radical (unpaired) electrons. The standard InChI is InChI=1S/C21H20BrNO2/c22-14-5-3-4-13(10-14)20-9-8-17(15-6-1-2-7-16(15)20)21(19(24)25)12-23-11-18(20)21/h1-7,10,17-18,23H,8-9,11-12H2,(H,24,25). The fraction of sp³-hybridized carbons (Fsp3) is 0.381. The molecule has 25 heavy (non-hydrogen) atoms. The van der Waals surface area contributed by atoms with Gasteiger partial charge in [0.2, 0.25) is 0 Å². The van der Waals surface area contributed by atoms with Crippen molar-refractivity contribution in [2.75, 3.05) is 13.1 Å². The van der Waals surface area contributed by atoms with Gasteiger partial charge in [0.15, 0.2) is 0 Å². The fourth-order valence-corrected chi connectivity index (χ4v) is 6.51. The normalized spacial score (nSPS) is 35.2. The van der Waals surface area contributed by atoms with Crippen LogP contribution in [0.5, 0.6) is 0 Å². The summed E-state index contributed by atoms with van der Waals surface area (Å²) >= 11 is 3.62. The summed E-state index contributed by atoms with van der Waals surface area (Å²) in [6, 6.07) is 17.0. The van der Waals surface area contributed by atoms with Crippen molar-refractivity contribution in [1.82, 2.24) is 5.32 Å². The maximum Gasteiger partial charge on any atom is 0.311 e. The lowest BCUT2D eigenvalue weighted by Gasteiger charge is -2.59.